The fourth-order valence-electron chi connectivity index (χ4n) is 1.65. The maximum atomic E-state index is 11.9. The molecule has 0 saturated heterocycles. The van der Waals surface area contributed by atoms with E-state index >= 15 is 0 Å². The minimum atomic E-state index is -0.925. The summed E-state index contributed by atoms with van der Waals surface area (Å²) in [6.07, 6.45) is 3.68. The van der Waals surface area contributed by atoms with Crippen LogP contribution in [0.5, 0.6) is 5.75 Å². The lowest BCUT2D eigenvalue weighted by molar-refractivity contribution is 0.0204. The zero-order chi connectivity index (χ0) is 16.2. The molecule has 0 radical (unpaired) electrons. The molecule has 1 aromatic heterocycles. The molecule has 0 unspecified atom stereocenters. The van der Waals surface area contributed by atoms with Crippen molar-refractivity contribution < 1.29 is 14.3 Å². The minimum Gasteiger partial charge on any atom is -0.428 e. The van der Waals surface area contributed by atoms with Gasteiger partial charge in [0, 0.05) is 18.0 Å². The highest BCUT2D eigenvalue weighted by Crippen LogP contribution is 2.19. The van der Waals surface area contributed by atoms with E-state index in [9.17, 15) is 9.59 Å². The summed E-state index contributed by atoms with van der Waals surface area (Å²) in [6.45, 7) is 5.14. The average Bonchev–Trinajstić information content (AvgIpc) is 2.60. The van der Waals surface area contributed by atoms with Gasteiger partial charge in [0.05, 0.1) is 0 Å². The second kappa shape index (κ2) is 6.34. The van der Waals surface area contributed by atoms with Crippen LogP contribution in [0.4, 0.5) is 4.79 Å². The van der Waals surface area contributed by atoms with Gasteiger partial charge in [-0.05, 0) is 38.5 Å². The van der Waals surface area contributed by atoms with E-state index in [1.807, 2.05) is 0 Å². The highest BCUT2D eigenvalue weighted by molar-refractivity contribution is 5.67. The van der Waals surface area contributed by atoms with Crippen LogP contribution in [0, 0.1) is 0 Å². The van der Waals surface area contributed by atoms with Crippen LogP contribution in [0.2, 0.25) is 0 Å². The van der Waals surface area contributed by atoms with Crippen molar-refractivity contribution >= 4 is 6.16 Å². The Morgan fingerprint density at radius 2 is 1.77 bits per heavy atom. The van der Waals surface area contributed by atoms with Gasteiger partial charge in [0.25, 0.3) is 0 Å². The van der Waals surface area contributed by atoms with Gasteiger partial charge in [-0.1, -0.05) is 12.1 Å². The third-order valence-electron chi connectivity index (χ3n) is 2.53. The van der Waals surface area contributed by atoms with Crippen molar-refractivity contribution in [3.05, 3.63) is 53.2 Å². The van der Waals surface area contributed by atoms with E-state index in [1.165, 1.54) is 18.5 Å². The number of aromatic nitrogens is 2. The maximum absolute atomic E-state index is 11.9. The largest absolute Gasteiger partial charge is 0.514 e. The van der Waals surface area contributed by atoms with Crippen molar-refractivity contribution in [1.29, 1.82) is 0 Å². The number of rotatable bonds is 2. The lowest BCUT2D eigenvalue weighted by Crippen LogP contribution is -2.26. The Morgan fingerprint density at radius 3 is 2.41 bits per heavy atom. The molecule has 0 aliphatic heterocycles. The lowest BCUT2D eigenvalue weighted by Gasteiger charge is -2.18. The van der Waals surface area contributed by atoms with Crippen LogP contribution in [0.3, 0.4) is 0 Å². The van der Waals surface area contributed by atoms with Gasteiger partial charge in [-0.25, -0.2) is 14.8 Å². The summed E-state index contributed by atoms with van der Waals surface area (Å²) in [5, 5.41) is 0. The van der Waals surface area contributed by atoms with Crippen LogP contribution in [-0.2, 0) is 4.74 Å². The predicted molar refractivity (Wildman–Crippen MR) is 80.6 cm³/mol. The van der Waals surface area contributed by atoms with Crippen molar-refractivity contribution in [2.24, 2.45) is 0 Å². The minimum absolute atomic E-state index is 0.113. The molecule has 114 valence electrons. The maximum Gasteiger partial charge on any atom is 0.514 e. The summed E-state index contributed by atoms with van der Waals surface area (Å²) in [4.78, 5) is 31.5. The highest BCUT2D eigenvalue weighted by atomic mass is 16.7. The molecule has 2 rings (SSSR count). The Bertz CT molecular complexity index is 724. The summed E-state index contributed by atoms with van der Waals surface area (Å²) >= 11 is 0. The second-order valence-corrected chi connectivity index (χ2v) is 5.55. The van der Waals surface area contributed by atoms with Crippen LogP contribution in [0.25, 0.3) is 11.1 Å². The summed E-state index contributed by atoms with van der Waals surface area (Å²) in [5.74, 6) is -0.113. The summed E-state index contributed by atoms with van der Waals surface area (Å²) < 4.78 is 10.1. The topological polar surface area (TPSA) is 78.4 Å². The first-order valence-electron chi connectivity index (χ1n) is 6.66. The molecule has 1 aromatic carbocycles. The van der Waals surface area contributed by atoms with Gasteiger partial charge in [-0.3, -0.25) is 4.79 Å². The third kappa shape index (κ3) is 4.37. The first-order chi connectivity index (χ1) is 10.3. The molecule has 2 aromatic rings. The fourth-order valence-corrected chi connectivity index (χ4v) is 1.65. The monoisotopic (exact) mass is 300 g/mol. The molecule has 0 aliphatic carbocycles. The van der Waals surface area contributed by atoms with E-state index in [-0.39, 0.29) is 5.75 Å². The molecular formula is C16H16N2O4. The SMILES string of the molecule is CC(C)(C)OC(=O)Oc1cc(-c2cncnc2)cccc1=O. The van der Waals surface area contributed by atoms with Crippen LogP contribution >= 0.6 is 0 Å². The summed E-state index contributed by atoms with van der Waals surface area (Å²) in [6, 6.07) is 6.06. The van der Waals surface area contributed by atoms with Crippen molar-refractivity contribution in [2.45, 2.75) is 26.4 Å². The summed E-state index contributed by atoms with van der Waals surface area (Å²) in [7, 11) is 0. The zero-order valence-corrected chi connectivity index (χ0v) is 12.6. The van der Waals surface area contributed by atoms with Crippen LogP contribution in [0.1, 0.15) is 20.8 Å². The number of hydrogen-bond acceptors (Lipinski definition) is 6. The molecule has 0 fully saturated rings. The Kier molecular flexibility index (Phi) is 4.50. The molecular weight excluding hydrogens is 284 g/mol. The van der Waals surface area contributed by atoms with E-state index in [1.54, 1.807) is 45.3 Å². The Balaban J connectivity index is 2.34. The number of carbonyl (C=O) groups is 1. The van der Waals surface area contributed by atoms with Crippen LogP contribution < -0.4 is 10.2 Å². The molecule has 6 nitrogen and oxygen atoms in total. The fraction of sp³-hybridized carbons (Fsp3) is 0.250. The molecule has 0 N–H and O–H groups in total. The van der Waals surface area contributed by atoms with Gasteiger partial charge < -0.3 is 9.47 Å². The Labute approximate surface area is 127 Å². The predicted octanol–water partition coefficient (Wildman–Crippen LogP) is 2.82. The van der Waals surface area contributed by atoms with Gasteiger partial charge in [-0.15, -0.1) is 0 Å². The standard InChI is InChI=1S/C16H16N2O4/c1-16(2,3)22-15(20)21-14-7-11(5-4-6-13(14)19)12-8-17-10-18-9-12/h4-10H,1-3H3. The van der Waals surface area contributed by atoms with Gasteiger partial charge in [0.1, 0.15) is 11.9 Å². The zero-order valence-electron chi connectivity index (χ0n) is 12.6. The highest BCUT2D eigenvalue weighted by Gasteiger charge is 2.19. The molecule has 6 heteroatoms. The molecule has 0 aliphatic rings. The first kappa shape index (κ1) is 15.6. The quantitative estimate of drug-likeness (QED) is 0.794. The Hall–Kier alpha value is -2.76. The van der Waals surface area contributed by atoms with Crippen molar-refractivity contribution in [3.63, 3.8) is 0 Å². The van der Waals surface area contributed by atoms with E-state index in [0.717, 1.165) is 0 Å². The number of nitrogens with zero attached hydrogens (tertiary/aromatic N) is 2. The molecule has 0 spiro atoms. The van der Waals surface area contributed by atoms with Crippen molar-refractivity contribution in [3.8, 4) is 16.9 Å². The average molecular weight is 300 g/mol. The van der Waals surface area contributed by atoms with E-state index in [0.29, 0.717) is 11.1 Å². The smallest absolute Gasteiger partial charge is 0.428 e. The summed E-state index contributed by atoms with van der Waals surface area (Å²) in [5.41, 5.74) is 0.232. The molecule has 0 atom stereocenters. The number of hydrogen-bond donors (Lipinski definition) is 0. The van der Waals surface area contributed by atoms with Crippen LogP contribution in [-0.4, -0.2) is 21.7 Å². The third-order valence-corrected chi connectivity index (χ3v) is 2.53. The van der Waals surface area contributed by atoms with E-state index in [4.69, 9.17) is 9.47 Å². The van der Waals surface area contributed by atoms with Crippen molar-refractivity contribution in [1.82, 2.24) is 9.97 Å². The number of carbonyl (C=O) groups excluding carboxylic acids is 1. The molecule has 0 saturated carbocycles. The second-order valence-electron chi connectivity index (χ2n) is 5.55. The molecule has 0 bridgehead atoms. The van der Waals surface area contributed by atoms with Gasteiger partial charge in [0.15, 0.2) is 5.75 Å². The van der Waals surface area contributed by atoms with E-state index in [2.05, 4.69) is 9.97 Å². The number of ether oxygens (including phenoxy) is 2. The van der Waals surface area contributed by atoms with E-state index < -0.39 is 17.2 Å². The van der Waals surface area contributed by atoms with Gasteiger partial charge in [0.2, 0.25) is 5.43 Å². The molecule has 0 amide bonds. The molecule has 22 heavy (non-hydrogen) atoms. The van der Waals surface area contributed by atoms with Crippen LogP contribution in [0.15, 0.2) is 47.8 Å². The first-order valence-corrected chi connectivity index (χ1v) is 6.66. The van der Waals surface area contributed by atoms with Crippen molar-refractivity contribution in [2.75, 3.05) is 0 Å². The lowest BCUT2D eigenvalue weighted by atomic mass is 10.1. The Morgan fingerprint density at radius 1 is 1.09 bits per heavy atom. The molecule has 1 heterocycles. The van der Waals surface area contributed by atoms with Gasteiger partial charge in [-0.2, -0.15) is 0 Å². The normalized spacial score (nSPS) is 10.9. The van der Waals surface area contributed by atoms with Gasteiger partial charge >= 0.3 is 6.16 Å².